The van der Waals surface area contributed by atoms with Gasteiger partial charge in [-0.1, -0.05) is 0 Å². The molecule has 0 fully saturated rings. The smallest absolute Gasteiger partial charge is 0.316 e. The molecule has 2 aromatic rings. The first-order chi connectivity index (χ1) is 7.29. The topological polar surface area (TPSA) is 47.9 Å². The van der Waals surface area contributed by atoms with Gasteiger partial charge in [-0.3, -0.25) is 4.98 Å². The number of ether oxygens (including phenoxy) is 1. The first-order valence-corrected chi connectivity index (χ1v) is 4.59. The molecule has 0 N–H and O–H groups in total. The quantitative estimate of drug-likeness (QED) is 0.744. The van der Waals surface area contributed by atoms with Gasteiger partial charge in [0.15, 0.2) is 0 Å². The van der Waals surface area contributed by atoms with Crippen LogP contribution in [0.3, 0.4) is 0 Å². The minimum atomic E-state index is 0.383. The summed E-state index contributed by atoms with van der Waals surface area (Å²) in [5.41, 5.74) is 2.66. The Labute approximate surface area is 88.0 Å². The van der Waals surface area contributed by atoms with E-state index in [0.29, 0.717) is 6.01 Å². The SMILES string of the molecule is COc1nc(C)cc(-c2cccnc2)n1. The van der Waals surface area contributed by atoms with Crippen LogP contribution in [0, 0.1) is 6.92 Å². The summed E-state index contributed by atoms with van der Waals surface area (Å²) >= 11 is 0. The zero-order valence-electron chi connectivity index (χ0n) is 8.64. The van der Waals surface area contributed by atoms with E-state index in [1.54, 1.807) is 19.5 Å². The molecule has 4 heteroatoms. The molecule has 4 nitrogen and oxygen atoms in total. The highest BCUT2D eigenvalue weighted by Gasteiger charge is 2.03. The summed E-state index contributed by atoms with van der Waals surface area (Å²) < 4.78 is 5.01. The lowest BCUT2D eigenvalue weighted by Gasteiger charge is -2.03. The number of hydrogen-bond acceptors (Lipinski definition) is 4. The van der Waals surface area contributed by atoms with Crippen molar-refractivity contribution in [2.24, 2.45) is 0 Å². The van der Waals surface area contributed by atoms with Crippen LogP contribution >= 0.6 is 0 Å². The summed E-state index contributed by atoms with van der Waals surface area (Å²) in [7, 11) is 1.56. The van der Waals surface area contributed by atoms with E-state index >= 15 is 0 Å². The van der Waals surface area contributed by atoms with Gasteiger partial charge in [0.25, 0.3) is 0 Å². The Hall–Kier alpha value is -1.97. The highest BCUT2D eigenvalue weighted by Crippen LogP contribution is 2.18. The minimum Gasteiger partial charge on any atom is -0.467 e. The number of rotatable bonds is 2. The Morgan fingerprint density at radius 1 is 1.27 bits per heavy atom. The monoisotopic (exact) mass is 201 g/mol. The predicted octanol–water partition coefficient (Wildman–Crippen LogP) is 1.86. The highest BCUT2D eigenvalue weighted by atomic mass is 16.5. The Balaban J connectivity index is 2.49. The summed E-state index contributed by atoms with van der Waals surface area (Å²) in [5.74, 6) is 0. The van der Waals surface area contributed by atoms with Crippen molar-refractivity contribution in [1.82, 2.24) is 15.0 Å². The number of aromatic nitrogens is 3. The van der Waals surface area contributed by atoms with E-state index in [-0.39, 0.29) is 0 Å². The van der Waals surface area contributed by atoms with E-state index in [1.165, 1.54) is 0 Å². The summed E-state index contributed by atoms with van der Waals surface area (Å²) in [6.07, 6.45) is 3.50. The molecule has 0 atom stereocenters. The van der Waals surface area contributed by atoms with E-state index in [1.807, 2.05) is 25.1 Å². The summed E-state index contributed by atoms with van der Waals surface area (Å²) in [4.78, 5) is 12.4. The minimum absolute atomic E-state index is 0.383. The molecular formula is C11H11N3O. The molecule has 0 aliphatic rings. The summed E-state index contributed by atoms with van der Waals surface area (Å²) in [5, 5.41) is 0. The molecular weight excluding hydrogens is 190 g/mol. The second kappa shape index (κ2) is 4.04. The fourth-order valence-corrected chi connectivity index (χ4v) is 1.29. The van der Waals surface area contributed by atoms with Gasteiger partial charge in [0.1, 0.15) is 0 Å². The first-order valence-electron chi connectivity index (χ1n) is 4.59. The van der Waals surface area contributed by atoms with E-state index in [9.17, 15) is 0 Å². The molecule has 0 radical (unpaired) electrons. The van der Waals surface area contributed by atoms with Crippen LogP contribution in [-0.2, 0) is 0 Å². The summed E-state index contributed by atoms with van der Waals surface area (Å²) in [6, 6.07) is 6.11. The molecule has 0 spiro atoms. The molecule has 0 unspecified atom stereocenters. The number of methoxy groups -OCH3 is 1. The Kier molecular flexibility index (Phi) is 2.58. The van der Waals surface area contributed by atoms with Crippen molar-refractivity contribution in [3.63, 3.8) is 0 Å². The third-order valence-corrected chi connectivity index (χ3v) is 1.97. The predicted molar refractivity (Wildman–Crippen MR) is 56.6 cm³/mol. The van der Waals surface area contributed by atoms with Crippen LogP contribution in [-0.4, -0.2) is 22.1 Å². The molecule has 76 valence electrons. The van der Waals surface area contributed by atoms with Crippen molar-refractivity contribution in [2.45, 2.75) is 6.92 Å². The molecule has 0 amide bonds. The Bertz CT molecular complexity index is 457. The van der Waals surface area contributed by atoms with Gasteiger partial charge in [-0.2, -0.15) is 4.98 Å². The van der Waals surface area contributed by atoms with Crippen LogP contribution in [0.25, 0.3) is 11.3 Å². The second-order valence-electron chi connectivity index (χ2n) is 3.12. The second-order valence-corrected chi connectivity index (χ2v) is 3.12. The molecule has 0 saturated carbocycles. The van der Waals surface area contributed by atoms with E-state index in [2.05, 4.69) is 15.0 Å². The maximum atomic E-state index is 5.01. The van der Waals surface area contributed by atoms with Crippen LogP contribution < -0.4 is 4.74 Å². The fourth-order valence-electron chi connectivity index (χ4n) is 1.29. The lowest BCUT2D eigenvalue weighted by Crippen LogP contribution is -1.96. The van der Waals surface area contributed by atoms with Crippen LogP contribution in [0.4, 0.5) is 0 Å². The molecule has 0 bridgehead atoms. The standard InChI is InChI=1S/C11H11N3O/c1-8-6-10(14-11(13-8)15-2)9-4-3-5-12-7-9/h3-7H,1-2H3. The van der Waals surface area contributed by atoms with E-state index < -0.39 is 0 Å². The average Bonchev–Trinajstić information content (AvgIpc) is 2.29. The lowest BCUT2D eigenvalue weighted by atomic mass is 10.2. The molecule has 0 aliphatic heterocycles. The van der Waals surface area contributed by atoms with Crippen LogP contribution in [0.15, 0.2) is 30.6 Å². The van der Waals surface area contributed by atoms with Gasteiger partial charge in [0.05, 0.1) is 12.8 Å². The number of hydrogen-bond donors (Lipinski definition) is 0. The zero-order chi connectivity index (χ0) is 10.7. The van der Waals surface area contributed by atoms with Crippen molar-refractivity contribution in [3.8, 4) is 17.3 Å². The number of nitrogens with zero attached hydrogens (tertiary/aromatic N) is 3. The van der Waals surface area contributed by atoms with Gasteiger partial charge in [-0.25, -0.2) is 4.98 Å². The zero-order valence-corrected chi connectivity index (χ0v) is 8.64. The molecule has 2 rings (SSSR count). The van der Waals surface area contributed by atoms with Crippen molar-refractivity contribution in [3.05, 3.63) is 36.3 Å². The molecule has 0 aliphatic carbocycles. The Morgan fingerprint density at radius 2 is 2.13 bits per heavy atom. The normalized spacial score (nSPS) is 10.0. The van der Waals surface area contributed by atoms with E-state index in [0.717, 1.165) is 17.0 Å². The number of aryl methyl sites for hydroxylation is 1. The van der Waals surface area contributed by atoms with Crippen LogP contribution in [0.2, 0.25) is 0 Å². The average molecular weight is 201 g/mol. The Morgan fingerprint density at radius 3 is 2.80 bits per heavy atom. The highest BCUT2D eigenvalue weighted by molar-refractivity contribution is 5.58. The van der Waals surface area contributed by atoms with Crippen molar-refractivity contribution in [2.75, 3.05) is 7.11 Å². The van der Waals surface area contributed by atoms with Crippen LogP contribution in [0.5, 0.6) is 6.01 Å². The van der Waals surface area contributed by atoms with Gasteiger partial charge in [0, 0.05) is 23.7 Å². The van der Waals surface area contributed by atoms with Crippen molar-refractivity contribution in [1.29, 1.82) is 0 Å². The van der Waals surface area contributed by atoms with Gasteiger partial charge >= 0.3 is 6.01 Å². The molecule has 2 aromatic heterocycles. The van der Waals surface area contributed by atoms with Gasteiger partial charge in [-0.15, -0.1) is 0 Å². The fraction of sp³-hybridized carbons (Fsp3) is 0.182. The lowest BCUT2D eigenvalue weighted by molar-refractivity contribution is 0.379. The molecule has 2 heterocycles. The molecule has 15 heavy (non-hydrogen) atoms. The third-order valence-electron chi connectivity index (χ3n) is 1.97. The maximum Gasteiger partial charge on any atom is 0.316 e. The van der Waals surface area contributed by atoms with E-state index in [4.69, 9.17) is 4.74 Å². The van der Waals surface area contributed by atoms with Crippen molar-refractivity contribution < 1.29 is 4.74 Å². The third kappa shape index (κ3) is 2.10. The molecule has 0 aromatic carbocycles. The summed E-state index contributed by atoms with van der Waals surface area (Å²) in [6.45, 7) is 1.91. The maximum absolute atomic E-state index is 5.01. The molecule has 0 saturated heterocycles. The van der Waals surface area contributed by atoms with Gasteiger partial charge in [-0.05, 0) is 25.1 Å². The van der Waals surface area contributed by atoms with Crippen LogP contribution in [0.1, 0.15) is 5.69 Å². The van der Waals surface area contributed by atoms with Gasteiger partial charge < -0.3 is 4.74 Å². The number of pyridine rings is 1. The van der Waals surface area contributed by atoms with Crippen molar-refractivity contribution >= 4 is 0 Å². The largest absolute Gasteiger partial charge is 0.467 e. The first kappa shape index (κ1) is 9.58. The van der Waals surface area contributed by atoms with Gasteiger partial charge in [0.2, 0.25) is 0 Å².